The summed E-state index contributed by atoms with van der Waals surface area (Å²) in [4.78, 5) is 35.3. The SMILES string of the molecule is CC1Sc2ccc(C(=O)OCc3ccccc3[N+](=O)[O-])cc2NC1=O. The summed E-state index contributed by atoms with van der Waals surface area (Å²) in [6.07, 6.45) is 0. The maximum atomic E-state index is 12.2. The minimum absolute atomic E-state index is 0.0987. The van der Waals surface area contributed by atoms with E-state index in [-0.39, 0.29) is 29.0 Å². The highest BCUT2D eigenvalue weighted by Crippen LogP contribution is 2.36. The fraction of sp³-hybridized carbons (Fsp3) is 0.176. The molecule has 0 saturated carbocycles. The van der Waals surface area contributed by atoms with Crippen LogP contribution in [0.25, 0.3) is 0 Å². The molecule has 25 heavy (non-hydrogen) atoms. The first-order chi connectivity index (χ1) is 12.0. The second-order valence-electron chi connectivity index (χ2n) is 5.42. The smallest absolute Gasteiger partial charge is 0.338 e. The zero-order valence-corrected chi connectivity index (χ0v) is 14.0. The predicted molar refractivity (Wildman–Crippen MR) is 92.6 cm³/mol. The van der Waals surface area contributed by atoms with E-state index < -0.39 is 10.9 Å². The topological polar surface area (TPSA) is 98.5 Å². The number of carbonyl (C=O) groups excluding carboxylic acids is 2. The lowest BCUT2D eigenvalue weighted by Crippen LogP contribution is -2.26. The average Bonchev–Trinajstić information content (AvgIpc) is 2.60. The van der Waals surface area contributed by atoms with Crippen molar-refractivity contribution in [3.8, 4) is 0 Å². The molecule has 2 aromatic carbocycles. The number of anilines is 1. The third kappa shape index (κ3) is 3.63. The van der Waals surface area contributed by atoms with Crippen LogP contribution in [0.1, 0.15) is 22.8 Å². The number of nitrogens with zero attached hydrogens (tertiary/aromatic N) is 1. The number of hydrogen-bond donors (Lipinski definition) is 1. The standard InChI is InChI=1S/C17H14N2O5S/c1-10-16(20)18-13-8-11(6-7-15(13)25-10)17(21)24-9-12-4-2-3-5-14(12)19(22)23/h2-8,10H,9H2,1H3,(H,18,20). The van der Waals surface area contributed by atoms with Gasteiger partial charge in [0.05, 0.1) is 27.0 Å². The second-order valence-corrected chi connectivity index (χ2v) is 6.80. The summed E-state index contributed by atoms with van der Waals surface area (Å²) in [6, 6.07) is 11.0. The molecule has 0 aromatic heterocycles. The first-order valence-corrected chi connectivity index (χ1v) is 8.34. The van der Waals surface area contributed by atoms with Crippen LogP contribution >= 0.6 is 11.8 Å². The number of hydrogen-bond acceptors (Lipinski definition) is 6. The second kappa shape index (κ2) is 6.94. The summed E-state index contributed by atoms with van der Waals surface area (Å²) in [7, 11) is 0. The van der Waals surface area contributed by atoms with E-state index >= 15 is 0 Å². The van der Waals surface area contributed by atoms with Crippen LogP contribution in [0.5, 0.6) is 0 Å². The number of carbonyl (C=O) groups is 2. The van der Waals surface area contributed by atoms with Gasteiger partial charge in [-0.25, -0.2) is 4.79 Å². The minimum Gasteiger partial charge on any atom is -0.457 e. The lowest BCUT2D eigenvalue weighted by Gasteiger charge is -2.21. The maximum Gasteiger partial charge on any atom is 0.338 e. The number of nitrogens with one attached hydrogen (secondary N) is 1. The first kappa shape index (κ1) is 17.0. The molecule has 1 amide bonds. The Morgan fingerprint density at radius 2 is 2.08 bits per heavy atom. The van der Waals surface area contributed by atoms with Crippen molar-refractivity contribution in [2.75, 3.05) is 5.32 Å². The quantitative estimate of drug-likeness (QED) is 0.511. The summed E-state index contributed by atoms with van der Waals surface area (Å²) < 4.78 is 5.18. The van der Waals surface area contributed by atoms with Crippen molar-refractivity contribution in [2.45, 2.75) is 23.7 Å². The summed E-state index contributed by atoms with van der Waals surface area (Å²) in [5.41, 5.74) is 1.05. The fourth-order valence-corrected chi connectivity index (χ4v) is 3.30. The number of nitro benzene ring substituents is 1. The van der Waals surface area contributed by atoms with Crippen molar-refractivity contribution in [1.82, 2.24) is 0 Å². The lowest BCUT2D eigenvalue weighted by molar-refractivity contribution is -0.385. The lowest BCUT2D eigenvalue weighted by atomic mass is 10.2. The molecule has 0 bridgehead atoms. The van der Waals surface area contributed by atoms with Crippen LogP contribution in [0.3, 0.4) is 0 Å². The van der Waals surface area contributed by atoms with Gasteiger partial charge in [0.1, 0.15) is 6.61 Å². The molecule has 0 spiro atoms. The summed E-state index contributed by atoms with van der Waals surface area (Å²) >= 11 is 1.42. The van der Waals surface area contributed by atoms with Gasteiger partial charge in [-0.3, -0.25) is 14.9 Å². The molecule has 0 fully saturated rings. The van der Waals surface area contributed by atoms with Crippen LogP contribution in [-0.4, -0.2) is 22.0 Å². The molecular weight excluding hydrogens is 344 g/mol. The summed E-state index contributed by atoms with van der Waals surface area (Å²) in [5, 5.41) is 13.5. The van der Waals surface area contributed by atoms with E-state index in [1.807, 2.05) is 0 Å². The van der Waals surface area contributed by atoms with Crippen LogP contribution in [0.4, 0.5) is 11.4 Å². The monoisotopic (exact) mass is 358 g/mol. The molecule has 8 heteroatoms. The van der Waals surface area contributed by atoms with Gasteiger partial charge in [0.2, 0.25) is 5.91 Å². The Kier molecular flexibility index (Phi) is 4.71. The zero-order chi connectivity index (χ0) is 18.0. The Balaban J connectivity index is 1.74. The number of thioether (sulfide) groups is 1. The molecule has 1 aliphatic heterocycles. The zero-order valence-electron chi connectivity index (χ0n) is 13.2. The van der Waals surface area contributed by atoms with Crippen LogP contribution in [-0.2, 0) is 16.1 Å². The number of esters is 1. The number of amides is 1. The van der Waals surface area contributed by atoms with Crippen molar-refractivity contribution in [3.05, 3.63) is 63.7 Å². The summed E-state index contributed by atoms with van der Waals surface area (Å²) in [5.74, 6) is -0.734. The molecule has 1 aliphatic rings. The average molecular weight is 358 g/mol. The van der Waals surface area contributed by atoms with E-state index in [0.29, 0.717) is 11.3 Å². The number of fused-ring (bicyclic) bond motifs is 1. The maximum absolute atomic E-state index is 12.2. The van der Waals surface area contributed by atoms with E-state index in [1.165, 1.54) is 23.9 Å². The van der Waals surface area contributed by atoms with Crippen molar-refractivity contribution in [3.63, 3.8) is 0 Å². The molecule has 1 N–H and O–H groups in total. The van der Waals surface area contributed by atoms with Gasteiger partial charge in [-0.2, -0.15) is 0 Å². The van der Waals surface area contributed by atoms with Crippen molar-refractivity contribution >= 4 is 35.0 Å². The van der Waals surface area contributed by atoms with E-state index in [2.05, 4.69) is 5.32 Å². The van der Waals surface area contributed by atoms with Gasteiger partial charge in [0.25, 0.3) is 5.69 Å². The van der Waals surface area contributed by atoms with Gasteiger partial charge in [0.15, 0.2) is 0 Å². The van der Waals surface area contributed by atoms with E-state index in [4.69, 9.17) is 4.74 Å². The van der Waals surface area contributed by atoms with Gasteiger partial charge in [-0.05, 0) is 31.2 Å². The molecule has 1 unspecified atom stereocenters. The highest BCUT2D eigenvalue weighted by atomic mass is 32.2. The molecule has 1 heterocycles. The molecule has 0 saturated heterocycles. The fourth-order valence-electron chi connectivity index (χ4n) is 2.37. The number of benzene rings is 2. The summed E-state index contributed by atoms with van der Waals surface area (Å²) in [6.45, 7) is 1.60. The number of nitro groups is 1. The Morgan fingerprint density at radius 1 is 1.32 bits per heavy atom. The Bertz CT molecular complexity index is 868. The first-order valence-electron chi connectivity index (χ1n) is 7.46. The van der Waals surface area contributed by atoms with Crippen LogP contribution in [0.15, 0.2) is 47.4 Å². The molecule has 128 valence electrons. The van der Waals surface area contributed by atoms with Gasteiger partial charge >= 0.3 is 5.97 Å². The van der Waals surface area contributed by atoms with Crippen LogP contribution in [0.2, 0.25) is 0 Å². The van der Waals surface area contributed by atoms with E-state index in [9.17, 15) is 19.7 Å². The van der Waals surface area contributed by atoms with E-state index in [1.54, 1.807) is 37.3 Å². The highest BCUT2D eigenvalue weighted by Gasteiger charge is 2.24. The molecule has 3 rings (SSSR count). The van der Waals surface area contributed by atoms with E-state index in [0.717, 1.165) is 4.90 Å². The van der Waals surface area contributed by atoms with Gasteiger partial charge in [-0.1, -0.05) is 12.1 Å². The number of ether oxygens (including phenoxy) is 1. The van der Waals surface area contributed by atoms with Gasteiger partial charge in [0, 0.05) is 11.0 Å². The predicted octanol–water partition coefficient (Wildman–Crippen LogP) is 3.38. The van der Waals surface area contributed by atoms with Gasteiger partial charge in [-0.15, -0.1) is 11.8 Å². The largest absolute Gasteiger partial charge is 0.457 e. The molecule has 2 aromatic rings. The number of para-hydroxylation sites is 1. The van der Waals surface area contributed by atoms with Crippen LogP contribution < -0.4 is 5.32 Å². The third-order valence-corrected chi connectivity index (χ3v) is 4.87. The Hall–Kier alpha value is -2.87. The van der Waals surface area contributed by atoms with Crippen molar-refractivity contribution in [1.29, 1.82) is 0 Å². The molecular formula is C17H14N2O5S. The van der Waals surface area contributed by atoms with Crippen molar-refractivity contribution in [2.24, 2.45) is 0 Å². The Labute approximate surface area is 147 Å². The minimum atomic E-state index is -0.612. The Morgan fingerprint density at radius 3 is 2.84 bits per heavy atom. The molecule has 0 radical (unpaired) electrons. The highest BCUT2D eigenvalue weighted by molar-refractivity contribution is 8.00. The normalized spacial score (nSPS) is 15.9. The molecule has 7 nitrogen and oxygen atoms in total. The molecule has 0 aliphatic carbocycles. The molecule has 1 atom stereocenters. The number of rotatable bonds is 4. The van der Waals surface area contributed by atoms with Crippen LogP contribution in [0, 0.1) is 10.1 Å². The third-order valence-electron chi connectivity index (χ3n) is 3.69. The van der Waals surface area contributed by atoms with Crippen molar-refractivity contribution < 1.29 is 19.2 Å². The van der Waals surface area contributed by atoms with Gasteiger partial charge < -0.3 is 10.1 Å².